The van der Waals surface area contributed by atoms with Crippen LogP contribution in [-0.4, -0.2) is 34.7 Å². The van der Waals surface area contributed by atoms with Crippen LogP contribution in [-0.2, 0) is 11.8 Å². The molecule has 1 saturated heterocycles. The van der Waals surface area contributed by atoms with Crippen LogP contribution >= 0.6 is 0 Å². The van der Waals surface area contributed by atoms with E-state index in [0.29, 0.717) is 11.7 Å². The molecule has 0 unspecified atom stereocenters. The van der Waals surface area contributed by atoms with Crippen molar-refractivity contribution >= 4 is 11.4 Å². The Morgan fingerprint density at radius 3 is 2.72 bits per heavy atom. The van der Waals surface area contributed by atoms with Crippen molar-refractivity contribution in [3.8, 4) is 11.5 Å². The highest BCUT2D eigenvalue weighted by atomic mass is 19.1. The van der Waals surface area contributed by atoms with Crippen molar-refractivity contribution in [1.82, 2.24) is 4.90 Å². The third kappa shape index (κ3) is 2.53. The second-order valence-electron chi connectivity index (χ2n) is 9.44. The minimum atomic E-state index is -0.680. The first-order chi connectivity index (χ1) is 13.9. The average Bonchev–Trinajstić information content (AvgIpc) is 2.69. The van der Waals surface area contributed by atoms with E-state index in [2.05, 4.69) is 24.2 Å². The number of anilines is 2. The number of aromatic hydroxyl groups is 2. The Balaban J connectivity index is 1.61. The van der Waals surface area contributed by atoms with Crippen molar-refractivity contribution in [2.24, 2.45) is 5.41 Å². The van der Waals surface area contributed by atoms with Crippen molar-refractivity contribution in [1.29, 1.82) is 0 Å². The molecule has 5 rings (SSSR count). The molecule has 154 valence electrons. The van der Waals surface area contributed by atoms with Crippen molar-refractivity contribution in [2.45, 2.75) is 56.9 Å². The van der Waals surface area contributed by atoms with Gasteiger partial charge in [-0.3, -0.25) is 0 Å². The molecule has 4 nitrogen and oxygen atoms in total. The number of phenolic OH excluding ortho intramolecular Hbond substituents is 2. The molecule has 2 aliphatic carbocycles. The van der Waals surface area contributed by atoms with Crippen LogP contribution in [0.1, 0.15) is 50.2 Å². The van der Waals surface area contributed by atoms with Crippen molar-refractivity contribution in [2.75, 3.05) is 18.9 Å². The summed E-state index contributed by atoms with van der Waals surface area (Å²) in [6.45, 7) is 3.56. The number of para-hydroxylation sites is 1. The van der Waals surface area contributed by atoms with E-state index in [0.717, 1.165) is 19.4 Å². The number of hydrogen-bond donors (Lipinski definition) is 3. The summed E-state index contributed by atoms with van der Waals surface area (Å²) >= 11 is 0. The third-order valence-electron chi connectivity index (χ3n) is 8.21. The standard InChI is InChI=1S/C24H29FN2O2/c1-23-8-3-4-9-24(23)10-11-27(2)21(23)13-15-12-19(20(28)14-16(15)24)26-18-7-5-6-17(25)22(18)29/h5-7,12,14,21,26,28-29H,3-4,8-11,13H2,1-2H3/t21-,23+,24+/m0/s1. The zero-order chi connectivity index (χ0) is 20.4. The van der Waals surface area contributed by atoms with Gasteiger partial charge in [0.25, 0.3) is 0 Å². The molecule has 2 fully saturated rings. The highest BCUT2D eigenvalue weighted by Gasteiger charge is 2.60. The maximum Gasteiger partial charge on any atom is 0.175 e. The Morgan fingerprint density at radius 2 is 1.90 bits per heavy atom. The van der Waals surface area contributed by atoms with Gasteiger partial charge in [0.15, 0.2) is 11.6 Å². The number of fused-ring (bicyclic) bond motifs is 1. The van der Waals surface area contributed by atoms with Gasteiger partial charge in [0.2, 0.25) is 0 Å². The number of rotatable bonds is 2. The molecule has 0 amide bonds. The summed E-state index contributed by atoms with van der Waals surface area (Å²) in [5, 5.41) is 23.9. The first kappa shape index (κ1) is 18.7. The topological polar surface area (TPSA) is 55.7 Å². The molecule has 1 aliphatic heterocycles. The monoisotopic (exact) mass is 396 g/mol. The summed E-state index contributed by atoms with van der Waals surface area (Å²) in [5.41, 5.74) is 3.68. The molecular formula is C24H29FN2O2. The largest absolute Gasteiger partial charge is 0.506 e. The lowest BCUT2D eigenvalue weighted by atomic mass is 9.45. The van der Waals surface area contributed by atoms with Crippen LogP contribution in [0.3, 0.4) is 0 Å². The maximum absolute atomic E-state index is 13.7. The first-order valence-electron chi connectivity index (χ1n) is 10.7. The van der Waals surface area contributed by atoms with Crippen LogP contribution in [0, 0.1) is 11.2 Å². The van der Waals surface area contributed by atoms with Gasteiger partial charge in [-0.25, -0.2) is 4.39 Å². The summed E-state index contributed by atoms with van der Waals surface area (Å²) in [6.07, 6.45) is 7.01. The lowest BCUT2D eigenvalue weighted by Gasteiger charge is -2.65. The zero-order valence-electron chi connectivity index (χ0n) is 17.1. The fraction of sp³-hybridized carbons (Fsp3) is 0.500. The molecule has 3 N–H and O–H groups in total. The van der Waals surface area contributed by atoms with E-state index in [4.69, 9.17) is 0 Å². The van der Waals surface area contributed by atoms with Gasteiger partial charge >= 0.3 is 0 Å². The molecule has 1 saturated carbocycles. The molecule has 2 aromatic rings. The Labute approximate surface area is 171 Å². The second kappa shape index (κ2) is 6.36. The van der Waals surface area contributed by atoms with E-state index >= 15 is 0 Å². The normalized spacial score (nSPS) is 31.1. The third-order valence-corrected chi connectivity index (χ3v) is 8.21. The van der Waals surface area contributed by atoms with Gasteiger partial charge in [0.1, 0.15) is 5.75 Å². The number of halogens is 1. The number of hydrogen-bond acceptors (Lipinski definition) is 4. The Hall–Kier alpha value is -2.27. The van der Waals surface area contributed by atoms with E-state index in [1.165, 1.54) is 42.9 Å². The summed E-state index contributed by atoms with van der Waals surface area (Å²) < 4.78 is 13.7. The highest BCUT2D eigenvalue weighted by Crippen LogP contribution is 2.63. The van der Waals surface area contributed by atoms with E-state index < -0.39 is 11.6 Å². The highest BCUT2D eigenvalue weighted by molar-refractivity contribution is 5.72. The number of nitrogens with zero attached hydrogens (tertiary/aromatic N) is 1. The predicted molar refractivity (Wildman–Crippen MR) is 112 cm³/mol. The maximum atomic E-state index is 13.7. The molecule has 5 heteroatoms. The smallest absolute Gasteiger partial charge is 0.175 e. The molecule has 29 heavy (non-hydrogen) atoms. The van der Waals surface area contributed by atoms with Gasteiger partial charge in [-0.15, -0.1) is 0 Å². The van der Waals surface area contributed by atoms with E-state index in [9.17, 15) is 14.6 Å². The number of likely N-dealkylation sites (tertiary alicyclic amines) is 1. The summed E-state index contributed by atoms with van der Waals surface area (Å²) in [5.74, 6) is -0.952. The summed E-state index contributed by atoms with van der Waals surface area (Å²) in [7, 11) is 2.24. The van der Waals surface area contributed by atoms with E-state index in [1.807, 2.05) is 12.1 Å². The van der Waals surface area contributed by atoms with Gasteiger partial charge in [-0.1, -0.05) is 25.8 Å². The summed E-state index contributed by atoms with van der Waals surface area (Å²) in [6, 6.07) is 8.81. The molecule has 0 spiro atoms. The fourth-order valence-electron chi connectivity index (χ4n) is 6.62. The number of likely N-dealkylation sites (N-methyl/N-ethyl adjacent to an activating group) is 1. The van der Waals surface area contributed by atoms with Crippen LogP contribution < -0.4 is 5.32 Å². The van der Waals surface area contributed by atoms with Crippen molar-refractivity contribution in [3.05, 3.63) is 47.3 Å². The molecule has 1 heterocycles. The number of piperidine rings is 1. The van der Waals surface area contributed by atoms with Crippen LogP contribution in [0.15, 0.2) is 30.3 Å². The van der Waals surface area contributed by atoms with Crippen LogP contribution in [0.25, 0.3) is 0 Å². The van der Waals surface area contributed by atoms with Gasteiger partial charge in [0.05, 0.1) is 11.4 Å². The second-order valence-corrected chi connectivity index (χ2v) is 9.44. The Bertz CT molecular complexity index is 978. The molecule has 2 aromatic carbocycles. The van der Waals surface area contributed by atoms with Gasteiger partial charge < -0.3 is 20.4 Å². The van der Waals surface area contributed by atoms with Gasteiger partial charge in [-0.05, 0) is 80.1 Å². The van der Waals surface area contributed by atoms with Crippen molar-refractivity contribution < 1.29 is 14.6 Å². The van der Waals surface area contributed by atoms with E-state index in [1.54, 1.807) is 12.1 Å². The lowest BCUT2D eigenvalue weighted by Crippen LogP contribution is -2.66. The van der Waals surface area contributed by atoms with Gasteiger partial charge in [0, 0.05) is 11.5 Å². The quantitative estimate of drug-likeness (QED) is 0.621. The van der Waals surface area contributed by atoms with Crippen LogP contribution in [0.5, 0.6) is 11.5 Å². The Morgan fingerprint density at radius 1 is 1.10 bits per heavy atom. The van der Waals surface area contributed by atoms with Crippen molar-refractivity contribution in [3.63, 3.8) is 0 Å². The zero-order valence-corrected chi connectivity index (χ0v) is 17.1. The number of nitrogens with one attached hydrogen (secondary N) is 1. The SMILES string of the molecule is CN1CC[C@@]23CCCC[C@]2(C)[C@@H]1Cc1cc(Nc2cccc(F)c2O)c(O)cc13. The number of phenols is 2. The number of benzene rings is 2. The van der Waals surface area contributed by atoms with Crippen LogP contribution in [0.4, 0.5) is 15.8 Å². The molecule has 3 aliphatic rings. The average molecular weight is 397 g/mol. The predicted octanol–water partition coefficient (Wildman–Crippen LogP) is 5.06. The molecule has 3 atom stereocenters. The molecule has 2 bridgehead atoms. The fourth-order valence-corrected chi connectivity index (χ4v) is 6.62. The summed E-state index contributed by atoms with van der Waals surface area (Å²) in [4.78, 5) is 2.52. The minimum Gasteiger partial charge on any atom is -0.506 e. The first-order valence-corrected chi connectivity index (χ1v) is 10.7. The lowest BCUT2D eigenvalue weighted by molar-refractivity contribution is -0.0735. The molecule has 0 aromatic heterocycles. The molecular weight excluding hydrogens is 367 g/mol. The molecule has 0 radical (unpaired) electrons. The van der Waals surface area contributed by atoms with E-state index in [-0.39, 0.29) is 22.3 Å². The Kier molecular flexibility index (Phi) is 4.11. The minimum absolute atomic E-state index is 0.118. The van der Waals surface area contributed by atoms with Gasteiger partial charge in [-0.2, -0.15) is 0 Å². The van der Waals surface area contributed by atoms with Crippen LogP contribution in [0.2, 0.25) is 0 Å².